The topological polar surface area (TPSA) is 6.48 Å². The second-order valence-corrected chi connectivity index (χ2v) is 4.51. The van der Waals surface area contributed by atoms with Crippen LogP contribution in [0.2, 0.25) is 0 Å². The monoisotopic (exact) mass is 234 g/mol. The van der Waals surface area contributed by atoms with Gasteiger partial charge in [0.25, 0.3) is 0 Å². The lowest BCUT2D eigenvalue weighted by atomic mass is 10.1. The third kappa shape index (κ3) is 4.49. The van der Waals surface area contributed by atoms with E-state index in [1.165, 1.54) is 37.3 Å². The summed E-state index contributed by atoms with van der Waals surface area (Å²) in [7, 11) is 2.20. The molecule has 0 unspecified atom stereocenters. The zero-order valence-corrected chi connectivity index (χ0v) is 11.7. The van der Waals surface area contributed by atoms with Gasteiger partial charge in [-0.05, 0) is 25.1 Å². The third-order valence-corrected chi connectivity index (χ3v) is 3.25. The van der Waals surface area contributed by atoms with Crippen LogP contribution in [0.25, 0.3) is 0 Å². The van der Waals surface area contributed by atoms with Crippen molar-refractivity contribution in [2.24, 2.45) is 0 Å². The van der Waals surface area contributed by atoms with Gasteiger partial charge in [0.15, 0.2) is 0 Å². The van der Waals surface area contributed by atoms with Crippen molar-refractivity contribution in [1.82, 2.24) is 9.80 Å². The van der Waals surface area contributed by atoms with E-state index in [1.807, 2.05) is 13.8 Å². The van der Waals surface area contributed by atoms with Crippen LogP contribution in [-0.4, -0.2) is 43.0 Å². The van der Waals surface area contributed by atoms with E-state index in [0.29, 0.717) is 0 Å². The Hall–Kier alpha value is -0.860. The number of piperazine rings is 1. The zero-order valence-electron chi connectivity index (χ0n) is 11.7. The summed E-state index contributed by atoms with van der Waals surface area (Å²) in [5.41, 5.74) is 2.89. The van der Waals surface area contributed by atoms with Crippen molar-refractivity contribution >= 4 is 0 Å². The Balaban J connectivity index is 0.000000686. The molecule has 2 rings (SSSR count). The van der Waals surface area contributed by atoms with Crippen LogP contribution in [-0.2, 0) is 6.54 Å². The van der Waals surface area contributed by atoms with Gasteiger partial charge in [-0.3, -0.25) is 4.90 Å². The van der Waals surface area contributed by atoms with Crippen LogP contribution in [0, 0.1) is 6.92 Å². The molecule has 1 heterocycles. The maximum atomic E-state index is 2.54. The number of likely N-dealkylation sites (N-methyl/N-ethyl adjacent to an activating group) is 1. The van der Waals surface area contributed by atoms with Gasteiger partial charge in [-0.2, -0.15) is 0 Å². The highest BCUT2D eigenvalue weighted by atomic mass is 15.2. The average Bonchev–Trinajstić information content (AvgIpc) is 2.37. The summed E-state index contributed by atoms with van der Waals surface area (Å²) in [5.74, 6) is 0. The smallest absolute Gasteiger partial charge is 0.0237 e. The minimum atomic E-state index is 1.11. The minimum Gasteiger partial charge on any atom is -0.304 e. The molecule has 0 saturated carbocycles. The summed E-state index contributed by atoms with van der Waals surface area (Å²) in [6, 6.07) is 8.69. The van der Waals surface area contributed by atoms with E-state index in [0.717, 1.165) is 6.54 Å². The number of rotatable bonds is 2. The van der Waals surface area contributed by atoms with E-state index in [2.05, 4.69) is 48.0 Å². The van der Waals surface area contributed by atoms with E-state index in [9.17, 15) is 0 Å². The summed E-state index contributed by atoms with van der Waals surface area (Å²) < 4.78 is 0. The molecule has 2 heteroatoms. The SMILES string of the molecule is CC.Cc1ccccc1CN1CCN(C)CC1. The molecular weight excluding hydrogens is 208 g/mol. The lowest BCUT2D eigenvalue weighted by molar-refractivity contribution is 0.148. The van der Waals surface area contributed by atoms with Crippen molar-refractivity contribution in [2.45, 2.75) is 27.3 Å². The number of benzene rings is 1. The molecule has 0 amide bonds. The van der Waals surface area contributed by atoms with Gasteiger partial charge in [0, 0.05) is 32.7 Å². The quantitative estimate of drug-likeness (QED) is 0.776. The normalized spacial score (nSPS) is 17.4. The molecule has 0 N–H and O–H groups in total. The van der Waals surface area contributed by atoms with Gasteiger partial charge in [-0.25, -0.2) is 0 Å². The van der Waals surface area contributed by atoms with Gasteiger partial charge in [-0.1, -0.05) is 38.1 Å². The van der Waals surface area contributed by atoms with Crippen molar-refractivity contribution in [3.63, 3.8) is 0 Å². The highest BCUT2D eigenvalue weighted by molar-refractivity contribution is 5.25. The second-order valence-electron chi connectivity index (χ2n) is 4.51. The first-order valence-electron chi connectivity index (χ1n) is 6.71. The maximum Gasteiger partial charge on any atom is 0.0237 e. The molecule has 2 nitrogen and oxygen atoms in total. The number of aryl methyl sites for hydroxylation is 1. The molecule has 0 radical (unpaired) electrons. The van der Waals surface area contributed by atoms with Crippen LogP contribution in [0.1, 0.15) is 25.0 Å². The first kappa shape index (κ1) is 14.2. The van der Waals surface area contributed by atoms with Crippen molar-refractivity contribution in [1.29, 1.82) is 0 Å². The maximum absolute atomic E-state index is 2.54. The van der Waals surface area contributed by atoms with Gasteiger partial charge in [0.2, 0.25) is 0 Å². The largest absolute Gasteiger partial charge is 0.304 e. The first-order chi connectivity index (χ1) is 8.25. The van der Waals surface area contributed by atoms with Gasteiger partial charge in [0.05, 0.1) is 0 Å². The molecular formula is C15H26N2. The van der Waals surface area contributed by atoms with Crippen LogP contribution in [0.3, 0.4) is 0 Å². The number of hydrogen-bond donors (Lipinski definition) is 0. The van der Waals surface area contributed by atoms with Gasteiger partial charge >= 0.3 is 0 Å². The Morgan fingerprint density at radius 2 is 1.59 bits per heavy atom. The Bertz CT molecular complexity index is 314. The van der Waals surface area contributed by atoms with E-state index in [1.54, 1.807) is 0 Å². The van der Waals surface area contributed by atoms with Crippen molar-refractivity contribution in [3.05, 3.63) is 35.4 Å². The fourth-order valence-corrected chi connectivity index (χ4v) is 2.03. The Morgan fingerprint density at radius 3 is 2.18 bits per heavy atom. The van der Waals surface area contributed by atoms with Crippen molar-refractivity contribution < 1.29 is 0 Å². The predicted molar refractivity (Wildman–Crippen MR) is 75.3 cm³/mol. The second kappa shape index (κ2) is 7.46. The lowest BCUT2D eigenvalue weighted by Crippen LogP contribution is -2.43. The fraction of sp³-hybridized carbons (Fsp3) is 0.600. The molecule has 0 aromatic heterocycles. The summed E-state index contributed by atoms with van der Waals surface area (Å²) >= 11 is 0. The summed E-state index contributed by atoms with van der Waals surface area (Å²) in [4.78, 5) is 4.94. The molecule has 17 heavy (non-hydrogen) atoms. The summed E-state index contributed by atoms with van der Waals surface area (Å²) in [5, 5.41) is 0. The van der Waals surface area contributed by atoms with Gasteiger partial charge in [0.1, 0.15) is 0 Å². The summed E-state index contributed by atoms with van der Waals surface area (Å²) in [6.45, 7) is 12.1. The van der Waals surface area contributed by atoms with Crippen molar-refractivity contribution in [3.8, 4) is 0 Å². The van der Waals surface area contributed by atoms with E-state index in [-0.39, 0.29) is 0 Å². The standard InChI is InChI=1S/C13H20N2.C2H6/c1-12-5-3-4-6-13(12)11-15-9-7-14(2)8-10-15;1-2/h3-6H,7-11H2,1-2H3;1-2H3. The molecule has 0 bridgehead atoms. The molecule has 0 aliphatic carbocycles. The Morgan fingerprint density at radius 1 is 1.00 bits per heavy atom. The molecule has 0 spiro atoms. The van der Waals surface area contributed by atoms with Crippen LogP contribution >= 0.6 is 0 Å². The van der Waals surface area contributed by atoms with Crippen LogP contribution in [0.4, 0.5) is 0 Å². The van der Waals surface area contributed by atoms with Crippen molar-refractivity contribution in [2.75, 3.05) is 33.2 Å². The minimum absolute atomic E-state index is 1.11. The zero-order chi connectivity index (χ0) is 12.7. The number of hydrogen-bond acceptors (Lipinski definition) is 2. The lowest BCUT2D eigenvalue weighted by Gasteiger charge is -2.32. The predicted octanol–water partition coefficient (Wildman–Crippen LogP) is 2.77. The highest BCUT2D eigenvalue weighted by Crippen LogP contribution is 2.11. The van der Waals surface area contributed by atoms with Crippen LogP contribution < -0.4 is 0 Å². The van der Waals surface area contributed by atoms with E-state index < -0.39 is 0 Å². The Kier molecular flexibility index (Phi) is 6.23. The van der Waals surface area contributed by atoms with Gasteiger partial charge in [-0.15, -0.1) is 0 Å². The fourth-order valence-electron chi connectivity index (χ4n) is 2.03. The molecule has 1 saturated heterocycles. The van der Waals surface area contributed by atoms with Gasteiger partial charge < -0.3 is 4.90 Å². The number of nitrogens with zero attached hydrogens (tertiary/aromatic N) is 2. The molecule has 1 aliphatic heterocycles. The molecule has 0 atom stereocenters. The summed E-state index contributed by atoms with van der Waals surface area (Å²) in [6.07, 6.45) is 0. The van der Waals surface area contributed by atoms with Crippen LogP contribution in [0.15, 0.2) is 24.3 Å². The molecule has 1 fully saturated rings. The van der Waals surface area contributed by atoms with Crippen LogP contribution in [0.5, 0.6) is 0 Å². The molecule has 1 aromatic rings. The van der Waals surface area contributed by atoms with E-state index in [4.69, 9.17) is 0 Å². The first-order valence-corrected chi connectivity index (χ1v) is 6.71. The van der Waals surface area contributed by atoms with E-state index >= 15 is 0 Å². The Labute approximate surface area is 106 Å². The molecule has 1 aliphatic rings. The average molecular weight is 234 g/mol. The highest BCUT2D eigenvalue weighted by Gasteiger charge is 2.14. The molecule has 1 aromatic carbocycles. The third-order valence-electron chi connectivity index (χ3n) is 3.25. The molecule has 96 valence electrons.